The molecule has 2 aromatic rings. The molecular formula is C15H15BrF3NO. The highest BCUT2D eigenvalue weighted by Crippen LogP contribution is 2.31. The molecule has 0 spiro atoms. The van der Waals surface area contributed by atoms with E-state index in [1.165, 1.54) is 12.1 Å². The van der Waals surface area contributed by atoms with Crippen LogP contribution in [0.5, 0.6) is 0 Å². The number of furan rings is 1. The molecule has 6 heteroatoms. The molecular weight excluding hydrogens is 347 g/mol. The zero-order valence-electron chi connectivity index (χ0n) is 11.4. The summed E-state index contributed by atoms with van der Waals surface area (Å²) >= 11 is 3.31. The molecule has 0 aliphatic rings. The van der Waals surface area contributed by atoms with E-state index >= 15 is 0 Å². The Labute approximate surface area is 129 Å². The number of benzene rings is 1. The molecule has 0 amide bonds. The Bertz CT molecular complexity index is 595. The standard InChI is InChI=1S/C15H15BrF3NO/c1-2-20-13(12-6-7-21-14(12)16)9-10-4-3-5-11(8-10)15(17,18)19/h3-8,13,20H,2,9H2,1H3. The molecule has 2 nitrogen and oxygen atoms in total. The minimum atomic E-state index is -4.32. The highest BCUT2D eigenvalue weighted by Gasteiger charge is 2.30. The fourth-order valence-electron chi connectivity index (χ4n) is 2.20. The first kappa shape index (κ1) is 16.1. The van der Waals surface area contributed by atoms with Gasteiger partial charge in [0, 0.05) is 11.6 Å². The molecule has 114 valence electrons. The second-order valence-electron chi connectivity index (χ2n) is 4.66. The van der Waals surface area contributed by atoms with Crippen LogP contribution in [0.3, 0.4) is 0 Å². The Balaban J connectivity index is 2.24. The molecule has 1 aromatic heterocycles. The van der Waals surface area contributed by atoms with Crippen LogP contribution in [0.25, 0.3) is 0 Å². The lowest BCUT2D eigenvalue weighted by atomic mass is 9.99. The van der Waals surface area contributed by atoms with Gasteiger partial charge in [0.1, 0.15) is 0 Å². The van der Waals surface area contributed by atoms with Gasteiger partial charge in [-0.1, -0.05) is 25.1 Å². The third-order valence-electron chi connectivity index (χ3n) is 3.17. The predicted molar refractivity (Wildman–Crippen MR) is 78.0 cm³/mol. The Kier molecular flexibility index (Phi) is 5.11. The van der Waals surface area contributed by atoms with Gasteiger partial charge in [0.25, 0.3) is 0 Å². The van der Waals surface area contributed by atoms with E-state index in [0.29, 0.717) is 23.2 Å². The van der Waals surface area contributed by atoms with E-state index in [2.05, 4.69) is 21.2 Å². The number of nitrogens with one attached hydrogen (secondary N) is 1. The van der Waals surface area contributed by atoms with Crippen LogP contribution < -0.4 is 5.32 Å². The van der Waals surface area contributed by atoms with Gasteiger partial charge in [0.2, 0.25) is 0 Å². The lowest BCUT2D eigenvalue weighted by molar-refractivity contribution is -0.137. The minimum Gasteiger partial charge on any atom is -0.457 e. The number of likely N-dealkylation sites (N-methyl/N-ethyl adjacent to an activating group) is 1. The zero-order chi connectivity index (χ0) is 15.5. The number of halogens is 4. The Morgan fingerprint density at radius 2 is 2.05 bits per heavy atom. The van der Waals surface area contributed by atoms with Gasteiger partial charge in [-0.2, -0.15) is 13.2 Å². The van der Waals surface area contributed by atoms with Crippen LogP contribution in [-0.4, -0.2) is 6.54 Å². The molecule has 1 N–H and O–H groups in total. The summed E-state index contributed by atoms with van der Waals surface area (Å²) in [6.07, 6.45) is -2.31. The second-order valence-corrected chi connectivity index (χ2v) is 5.38. The van der Waals surface area contributed by atoms with Crippen molar-refractivity contribution < 1.29 is 17.6 Å². The maximum atomic E-state index is 12.8. The first-order chi connectivity index (χ1) is 9.91. The number of rotatable bonds is 5. The first-order valence-electron chi connectivity index (χ1n) is 6.54. The third-order valence-corrected chi connectivity index (χ3v) is 3.81. The average Bonchev–Trinajstić information content (AvgIpc) is 2.84. The lowest BCUT2D eigenvalue weighted by Crippen LogP contribution is -2.23. The largest absolute Gasteiger partial charge is 0.457 e. The summed E-state index contributed by atoms with van der Waals surface area (Å²) in [7, 11) is 0. The van der Waals surface area contributed by atoms with Crippen molar-refractivity contribution in [3.05, 3.63) is 58.0 Å². The summed E-state index contributed by atoms with van der Waals surface area (Å²) < 4.78 is 44.1. The molecule has 21 heavy (non-hydrogen) atoms. The monoisotopic (exact) mass is 361 g/mol. The molecule has 0 saturated carbocycles. The summed E-state index contributed by atoms with van der Waals surface area (Å²) in [6, 6.07) is 7.12. The van der Waals surface area contributed by atoms with Crippen LogP contribution in [0.2, 0.25) is 0 Å². The van der Waals surface area contributed by atoms with E-state index in [-0.39, 0.29) is 6.04 Å². The van der Waals surface area contributed by atoms with E-state index in [4.69, 9.17) is 4.42 Å². The van der Waals surface area contributed by atoms with Gasteiger partial charge in [-0.3, -0.25) is 0 Å². The first-order valence-corrected chi connectivity index (χ1v) is 7.33. The van der Waals surface area contributed by atoms with Crippen molar-refractivity contribution >= 4 is 15.9 Å². The van der Waals surface area contributed by atoms with E-state index in [1.54, 1.807) is 12.3 Å². The van der Waals surface area contributed by atoms with Crippen molar-refractivity contribution in [2.45, 2.75) is 25.6 Å². The number of hydrogen-bond acceptors (Lipinski definition) is 2. The summed E-state index contributed by atoms with van der Waals surface area (Å²) in [6.45, 7) is 2.66. The summed E-state index contributed by atoms with van der Waals surface area (Å²) in [5.41, 5.74) is 0.902. The van der Waals surface area contributed by atoms with Crippen LogP contribution in [0.4, 0.5) is 13.2 Å². The highest BCUT2D eigenvalue weighted by atomic mass is 79.9. The summed E-state index contributed by atoms with van der Waals surface area (Å²) in [4.78, 5) is 0. The molecule has 0 radical (unpaired) electrons. The van der Waals surface area contributed by atoms with Crippen LogP contribution in [0.15, 0.2) is 45.7 Å². The molecule has 1 heterocycles. The van der Waals surface area contributed by atoms with E-state index in [1.807, 2.05) is 13.0 Å². The number of hydrogen-bond donors (Lipinski definition) is 1. The third kappa shape index (κ3) is 4.11. The van der Waals surface area contributed by atoms with Crippen molar-refractivity contribution in [1.29, 1.82) is 0 Å². The van der Waals surface area contributed by atoms with Gasteiger partial charge in [-0.25, -0.2) is 0 Å². The van der Waals surface area contributed by atoms with Gasteiger partial charge in [-0.05, 0) is 46.6 Å². The van der Waals surface area contributed by atoms with Crippen molar-refractivity contribution in [3.63, 3.8) is 0 Å². The van der Waals surface area contributed by atoms with E-state index in [0.717, 1.165) is 11.6 Å². The molecule has 2 rings (SSSR count). The SMILES string of the molecule is CCNC(Cc1cccc(C(F)(F)F)c1)c1ccoc1Br. The van der Waals surface area contributed by atoms with E-state index < -0.39 is 11.7 Å². The maximum absolute atomic E-state index is 12.8. The van der Waals surface area contributed by atoms with Crippen LogP contribution in [-0.2, 0) is 12.6 Å². The Hall–Kier alpha value is -1.27. The van der Waals surface area contributed by atoms with Crippen molar-refractivity contribution in [2.75, 3.05) is 6.54 Å². The lowest BCUT2D eigenvalue weighted by Gasteiger charge is -2.18. The molecule has 1 aromatic carbocycles. The molecule has 0 bridgehead atoms. The number of alkyl halides is 3. The zero-order valence-corrected chi connectivity index (χ0v) is 13.0. The molecule has 0 aliphatic carbocycles. The van der Waals surface area contributed by atoms with Crippen molar-refractivity contribution in [2.24, 2.45) is 0 Å². The predicted octanol–water partition coefficient (Wildman–Crippen LogP) is 4.95. The minimum absolute atomic E-state index is 0.105. The van der Waals surface area contributed by atoms with Gasteiger partial charge >= 0.3 is 6.18 Å². The Morgan fingerprint density at radius 3 is 2.62 bits per heavy atom. The average molecular weight is 362 g/mol. The molecule has 1 unspecified atom stereocenters. The molecule has 1 atom stereocenters. The smallest absolute Gasteiger partial charge is 0.416 e. The second kappa shape index (κ2) is 6.66. The Morgan fingerprint density at radius 1 is 1.29 bits per heavy atom. The fourth-order valence-corrected chi connectivity index (χ4v) is 2.72. The van der Waals surface area contributed by atoms with E-state index in [9.17, 15) is 13.2 Å². The maximum Gasteiger partial charge on any atom is 0.416 e. The van der Waals surface area contributed by atoms with Crippen LogP contribution >= 0.6 is 15.9 Å². The van der Waals surface area contributed by atoms with Gasteiger partial charge < -0.3 is 9.73 Å². The molecule has 0 fully saturated rings. The molecule has 0 aliphatic heterocycles. The summed E-state index contributed by atoms with van der Waals surface area (Å²) in [5, 5.41) is 3.26. The normalized spacial score (nSPS) is 13.4. The topological polar surface area (TPSA) is 25.2 Å². The summed E-state index contributed by atoms with van der Waals surface area (Å²) in [5.74, 6) is 0. The van der Waals surface area contributed by atoms with Gasteiger partial charge in [-0.15, -0.1) is 0 Å². The van der Waals surface area contributed by atoms with Gasteiger partial charge in [0.05, 0.1) is 11.8 Å². The quantitative estimate of drug-likeness (QED) is 0.814. The van der Waals surface area contributed by atoms with Gasteiger partial charge in [0.15, 0.2) is 4.67 Å². The fraction of sp³-hybridized carbons (Fsp3) is 0.333. The van der Waals surface area contributed by atoms with Crippen LogP contribution in [0, 0.1) is 0 Å². The van der Waals surface area contributed by atoms with Crippen molar-refractivity contribution in [3.8, 4) is 0 Å². The van der Waals surface area contributed by atoms with Crippen molar-refractivity contribution in [1.82, 2.24) is 5.32 Å². The highest BCUT2D eigenvalue weighted by molar-refractivity contribution is 9.10. The molecule has 0 saturated heterocycles. The van der Waals surface area contributed by atoms with Crippen LogP contribution in [0.1, 0.15) is 29.7 Å².